The van der Waals surface area contributed by atoms with Crippen molar-refractivity contribution in [1.82, 2.24) is 4.98 Å². The molecule has 0 aliphatic heterocycles. The summed E-state index contributed by atoms with van der Waals surface area (Å²) in [7, 11) is 1.66. The Morgan fingerprint density at radius 1 is 1.19 bits per heavy atom. The van der Waals surface area contributed by atoms with Crippen molar-refractivity contribution in [3.05, 3.63) is 58.7 Å². The molecule has 0 bridgehead atoms. The third-order valence-electron chi connectivity index (χ3n) is 3.62. The molecule has 1 aromatic heterocycles. The van der Waals surface area contributed by atoms with E-state index in [2.05, 4.69) is 4.98 Å². The number of hydrogen-bond acceptors (Lipinski definition) is 3. The Morgan fingerprint density at radius 3 is 2.48 bits per heavy atom. The van der Waals surface area contributed by atoms with Crippen molar-refractivity contribution in [1.29, 1.82) is 0 Å². The van der Waals surface area contributed by atoms with Crippen molar-refractivity contribution >= 4 is 0 Å². The second-order valence-corrected chi connectivity index (χ2v) is 5.34. The van der Waals surface area contributed by atoms with Crippen molar-refractivity contribution in [2.24, 2.45) is 5.73 Å². The molecular weight excluding hydrogens is 267 g/mol. The molecule has 0 saturated heterocycles. The lowest BCUT2D eigenvalue weighted by Gasteiger charge is -2.16. The molecule has 0 radical (unpaired) electrons. The van der Waals surface area contributed by atoms with E-state index in [0.717, 1.165) is 28.1 Å². The third kappa shape index (κ3) is 3.79. The SMILES string of the molecule is COc1c(C)cnc(CC(N)Cc2ccc(F)cc2)c1C. The summed E-state index contributed by atoms with van der Waals surface area (Å²) >= 11 is 0. The Labute approximate surface area is 125 Å². The molecule has 1 atom stereocenters. The van der Waals surface area contributed by atoms with Crippen LogP contribution in [0.1, 0.15) is 22.4 Å². The molecule has 112 valence electrons. The molecule has 4 heteroatoms. The summed E-state index contributed by atoms with van der Waals surface area (Å²) < 4.78 is 18.3. The molecule has 0 fully saturated rings. The van der Waals surface area contributed by atoms with Gasteiger partial charge in [0.2, 0.25) is 0 Å². The van der Waals surface area contributed by atoms with Crippen molar-refractivity contribution < 1.29 is 9.13 Å². The molecule has 2 rings (SSSR count). The van der Waals surface area contributed by atoms with E-state index < -0.39 is 0 Å². The molecule has 0 amide bonds. The molecule has 2 aromatic rings. The minimum atomic E-state index is -0.229. The molecule has 1 heterocycles. The highest BCUT2D eigenvalue weighted by Gasteiger charge is 2.13. The first kappa shape index (κ1) is 15.4. The maximum absolute atomic E-state index is 12.9. The van der Waals surface area contributed by atoms with Crippen LogP contribution in [0.5, 0.6) is 5.75 Å². The quantitative estimate of drug-likeness (QED) is 0.920. The number of halogens is 1. The van der Waals surface area contributed by atoms with Crippen LogP contribution in [0.4, 0.5) is 4.39 Å². The monoisotopic (exact) mass is 288 g/mol. The topological polar surface area (TPSA) is 48.1 Å². The van der Waals surface area contributed by atoms with Gasteiger partial charge in [-0.15, -0.1) is 0 Å². The van der Waals surface area contributed by atoms with Gasteiger partial charge >= 0.3 is 0 Å². The van der Waals surface area contributed by atoms with Gasteiger partial charge in [-0.3, -0.25) is 4.98 Å². The molecule has 0 aliphatic carbocycles. The summed E-state index contributed by atoms with van der Waals surface area (Å²) in [6.07, 6.45) is 3.17. The van der Waals surface area contributed by atoms with Gasteiger partial charge in [0, 0.05) is 35.5 Å². The fourth-order valence-electron chi connectivity index (χ4n) is 2.52. The van der Waals surface area contributed by atoms with Crippen LogP contribution in [0.25, 0.3) is 0 Å². The van der Waals surface area contributed by atoms with Crippen LogP contribution < -0.4 is 10.5 Å². The maximum atomic E-state index is 12.9. The number of rotatable bonds is 5. The second kappa shape index (κ2) is 6.68. The standard InChI is InChI=1S/C17H21FN2O/c1-11-10-20-16(12(2)17(11)21-3)9-15(19)8-13-4-6-14(18)7-5-13/h4-7,10,15H,8-9,19H2,1-3H3. The largest absolute Gasteiger partial charge is 0.496 e. The average Bonchev–Trinajstić information content (AvgIpc) is 2.45. The lowest BCUT2D eigenvalue weighted by Crippen LogP contribution is -2.26. The molecule has 1 unspecified atom stereocenters. The minimum absolute atomic E-state index is 0.0610. The van der Waals surface area contributed by atoms with Crippen molar-refractivity contribution in [2.75, 3.05) is 7.11 Å². The van der Waals surface area contributed by atoms with Crippen LogP contribution in [0.3, 0.4) is 0 Å². The van der Waals surface area contributed by atoms with E-state index in [0.29, 0.717) is 12.8 Å². The van der Waals surface area contributed by atoms with E-state index in [1.165, 1.54) is 12.1 Å². The molecule has 3 nitrogen and oxygen atoms in total. The predicted octanol–water partition coefficient (Wildman–Crippen LogP) is 2.96. The lowest BCUT2D eigenvalue weighted by molar-refractivity contribution is 0.406. The normalized spacial score (nSPS) is 12.2. The summed E-state index contributed by atoms with van der Waals surface area (Å²) in [5.74, 6) is 0.641. The zero-order valence-corrected chi connectivity index (χ0v) is 12.7. The predicted molar refractivity (Wildman–Crippen MR) is 82.0 cm³/mol. The van der Waals surface area contributed by atoms with E-state index in [9.17, 15) is 4.39 Å². The molecular formula is C17H21FN2O. The fourth-order valence-corrected chi connectivity index (χ4v) is 2.52. The van der Waals surface area contributed by atoms with Crippen molar-refractivity contribution in [3.8, 4) is 5.75 Å². The highest BCUT2D eigenvalue weighted by molar-refractivity contribution is 5.41. The van der Waals surface area contributed by atoms with Crippen LogP contribution >= 0.6 is 0 Å². The van der Waals surface area contributed by atoms with Crippen LogP contribution in [0, 0.1) is 19.7 Å². The van der Waals surface area contributed by atoms with Crippen LogP contribution in [0.2, 0.25) is 0 Å². The Morgan fingerprint density at radius 2 is 1.86 bits per heavy atom. The molecule has 2 N–H and O–H groups in total. The first-order valence-corrected chi connectivity index (χ1v) is 7.00. The third-order valence-corrected chi connectivity index (χ3v) is 3.62. The minimum Gasteiger partial charge on any atom is -0.496 e. The summed E-state index contributed by atoms with van der Waals surface area (Å²) in [5.41, 5.74) is 10.2. The maximum Gasteiger partial charge on any atom is 0.128 e. The van der Waals surface area contributed by atoms with Gasteiger partial charge in [0.25, 0.3) is 0 Å². The first-order chi connectivity index (χ1) is 10.0. The Kier molecular flexibility index (Phi) is 4.91. The van der Waals surface area contributed by atoms with Crippen molar-refractivity contribution in [3.63, 3.8) is 0 Å². The van der Waals surface area contributed by atoms with E-state index >= 15 is 0 Å². The first-order valence-electron chi connectivity index (χ1n) is 7.00. The van der Waals surface area contributed by atoms with Crippen LogP contribution in [-0.4, -0.2) is 18.1 Å². The number of ether oxygens (including phenoxy) is 1. The summed E-state index contributed by atoms with van der Waals surface area (Å²) in [6.45, 7) is 3.97. The summed E-state index contributed by atoms with van der Waals surface area (Å²) in [6, 6.07) is 6.39. The zero-order chi connectivity index (χ0) is 15.4. The summed E-state index contributed by atoms with van der Waals surface area (Å²) in [4.78, 5) is 4.46. The smallest absolute Gasteiger partial charge is 0.128 e. The number of nitrogens with two attached hydrogens (primary N) is 1. The van der Waals surface area contributed by atoms with E-state index in [1.54, 1.807) is 19.2 Å². The van der Waals surface area contributed by atoms with Gasteiger partial charge in [0.1, 0.15) is 11.6 Å². The molecule has 21 heavy (non-hydrogen) atoms. The average molecular weight is 288 g/mol. The van der Waals surface area contributed by atoms with Gasteiger partial charge in [0.05, 0.1) is 7.11 Å². The number of aromatic nitrogens is 1. The van der Waals surface area contributed by atoms with Gasteiger partial charge in [-0.05, 0) is 38.0 Å². The van der Waals surface area contributed by atoms with Gasteiger partial charge in [-0.2, -0.15) is 0 Å². The summed E-state index contributed by atoms with van der Waals surface area (Å²) in [5, 5.41) is 0. The Balaban J connectivity index is 2.09. The van der Waals surface area contributed by atoms with E-state index in [1.807, 2.05) is 20.0 Å². The number of benzene rings is 1. The van der Waals surface area contributed by atoms with Gasteiger partial charge in [-0.1, -0.05) is 12.1 Å². The zero-order valence-electron chi connectivity index (χ0n) is 12.7. The second-order valence-electron chi connectivity index (χ2n) is 5.34. The van der Waals surface area contributed by atoms with E-state index in [-0.39, 0.29) is 11.9 Å². The number of nitrogens with zero attached hydrogens (tertiary/aromatic N) is 1. The highest BCUT2D eigenvalue weighted by Crippen LogP contribution is 2.24. The van der Waals surface area contributed by atoms with Gasteiger partial charge in [0.15, 0.2) is 0 Å². The van der Waals surface area contributed by atoms with Crippen LogP contribution in [0.15, 0.2) is 30.5 Å². The lowest BCUT2D eigenvalue weighted by atomic mass is 9.99. The number of hydrogen-bond donors (Lipinski definition) is 1. The number of pyridine rings is 1. The van der Waals surface area contributed by atoms with E-state index in [4.69, 9.17) is 10.5 Å². The molecule has 0 saturated carbocycles. The van der Waals surface area contributed by atoms with Gasteiger partial charge < -0.3 is 10.5 Å². The van der Waals surface area contributed by atoms with Crippen LogP contribution in [-0.2, 0) is 12.8 Å². The number of methoxy groups -OCH3 is 1. The fraction of sp³-hybridized carbons (Fsp3) is 0.353. The Hall–Kier alpha value is -1.94. The molecule has 1 aromatic carbocycles. The van der Waals surface area contributed by atoms with Gasteiger partial charge in [-0.25, -0.2) is 4.39 Å². The number of aryl methyl sites for hydroxylation is 1. The highest BCUT2D eigenvalue weighted by atomic mass is 19.1. The Bertz CT molecular complexity index is 611. The molecule has 0 aliphatic rings. The van der Waals surface area contributed by atoms with Crippen molar-refractivity contribution in [2.45, 2.75) is 32.7 Å². The molecule has 0 spiro atoms.